The van der Waals surface area contributed by atoms with Crippen LogP contribution in [-0.2, 0) is 0 Å². The highest BCUT2D eigenvalue weighted by Crippen LogP contribution is 2.24. The summed E-state index contributed by atoms with van der Waals surface area (Å²) < 4.78 is 11.2. The first-order valence-electron chi connectivity index (χ1n) is 10.2. The molecule has 3 aromatic rings. The average molecular weight is 409 g/mol. The van der Waals surface area contributed by atoms with E-state index in [2.05, 4.69) is 34.3 Å². The van der Waals surface area contributed by atoms with Crippen molar-refractivity contribution >= 4 is 5.91 Å². The maximum atomic E-state index is 12.8. The minimum absolute atomic E-state index is 0.0679. The molecule has 7 heteroatoms. The highest BCUT2D eigenvalue weighted by molar-refractivity contribution is 5.94. The van der Waals surface area contributed by atoms with E-state index in [4.69, 9.17) is 9.26 Å². The Balaban J connectivity index is 1.67. The summed E-state index contributed by atoms with van der Waals surface area (Å²) in [6.45, 7) is 8.96. The van der Waals surface area contributed by atoms with Crippen LogP contribution >= 0.6 is 0 Å². The van der Waals surface area contributed by atoms with E-state index in [9.17, 15) is 4.79 Å². The summed E-state index contributed by atoms with van der Waals surface area (Å²) >= 11 is 0. The van der Waals surface area contributed by atoms with Crippen LogP contribution in [0.4, 0.5) is 0 Å². The van der Waals surface area contributed by atoms with Gasteiger partial charge in [-0.05, 0) is 54.7 Å². The molecule has 2 aromatic heterocycles. The van der Waals surface area contributed by atoms with E-state index in [1.807, 2.05) is 38.1 Å². The molecular formula is C23H28N4O3. The molecule has 0 aliphatic heterocycles. The van der Waals surface area contributed by atoms with Crippen LogP contribution in [-0.4, -0.2) is 27.6 Å². The Kier molecular flexibility index (Phi) is 7.17. The predicted octanol–water partition coefficient (Wildman–Crippen LogP) is 4.68. The number of aromatic nitrogens is 3. The maximum absolute atomic E-state index is 12.8. The molecule has 3 rings (SSSR count). The molecule has 0 saturated carbocycles. The lowest BCUT2D eigenvalue weighted by atomic mass is 10.0. The zero-order valence-electron chi connectivity index (χ0n) is 17.8. The lowest BCUT2D eigenvalue weighted by molar-refractivity contribution is 0.0914. The Bertz CT molecular complexity index is 937. The van der Waals surface area contributed by atoms with E-state index in [1.54, 1.807) is 24.5 Å². The van der Waals surface area contributed by atoms with Crippen molar-refractivity contribution in [1.82, 2.24) is 20.4 Å². The van der Waals surface area contributed by atoms with Crippen LogP contribution in [0.15, 0.2) is 53.3 Å². The van der Waals surface area contributed by atoms with Gasteiger partial charge in [0.05, 0.1) is 6.61 Å². The van der Waals surface area contributed by atoms with Crippen LogP contribution in [0.25, 0.3) is 11.4 Å². The number of carbonyl (C=O) groups excluding carboxylic acids is 1. The molecule has 0 bridgehead atoms. The standard InChI is InChI=1S/C23H28N4O3/c1-15(2)11-14-29-19-7-5-18(6-8-19)22(28)25-20(16(3)4)23-26-21(27-30-23)17-9-12-24-13-10-17/h5-10,12-13,15-16,20H,11,14H2,1-4H3,(H,25,28). The number of hydrogen-bond acceptors (Lipinski definition) is 6. The SMILES string of the molecule is CC(C)CCOc1ccc(C(=O)NC(c2nc(-c3ccncc3)no2)C(C)C)cc1. The number of nitrogens with zero attached hydrogens (tertiary/aromatic N) is 3. The van der Waals surface area contributed by atoms with Crippen LogP contribution < -0.4 is 10.1 Å². The van der Waals surface area contributed by atoms with Gasteiger partial charge in [-0.2, -0.15) is 4.98 Å². The van der Waals surface area contributed by atoms with Crippen molar-refractivity contribution < 1.29 is 14.1 Å². The van der Waals surface area contributed by atoms with Gasteiger partial charge in [-0.1, -0.05) is 32.9 Å². The molecular weight excluding hydrogens is 380 g/mol. The van der Waals surface area contributed by atoms with E-state index < -0.39 is 6.04 Å². The number of benzene rings is 1. The molecule has 1 aromatic carbocycles. The molecule has 1 atom stereocenters. The molecule has 0 spiro atoms. The number of rotatable bonds is 9. The molecule has 2 heterocycles. The normalized spacial score (nSPS) is 12.2. The van der Waals surface area contributed by atoms with Crippen LogP contribution in [0.2, 0.25) is 0 Å². The maximum Gasteiger partial charge on any atom is 0.251 e. The van der Waals surface area contributed by atoms with Crippen molar-refractivity contribution in [3.05, 3.63) is 60.2 Å². The molecule has 30 heavy (non-hydrogen) atoms. The fourth-order valence-corrected chi connectivity index (χ4v) is 2.83. The third kappa shape index (κ3) is 5.65. The lowest BCUT2D eigenvalue weighted by Crippen LogP contribution is -2.32. The minimum Gasteiger partial charge on any atom is -0.494 e. The zero-order valence-corrected chi connectivity index (χ0v) is 17.8. The van der Waals surface area contributed by atoms with Crippen LogP contribution in [0.1, 0.15) is 56.4 Å². The Morgan fingerprint density at radius 1 is 1.07 bits per heavy atom. The van der Waals surface area contributed by atoms with Crippen molar-refractivity contribution in [2.75, 3.05) is 6.61 Å². The van der Waals surface area contributed by atoms with Crippen molar-refractivity contribution in [1.29, 1.82) is 0 Å². The molecule has 0 saturated heterocycles. The van der Waals surface area contributed by atoms with E-state index in [0.29, 0.717) is 29.8 Å². The highest BCUT2D eigenvalue weighted by Gasteiger charge is 2.25. The second-order valence-electron chi connectivity index (χ2n) is 7.94. The number of amides is 1. The summed E-state index contributed by atoms with van der Waals surface area (Å²) in [5.74, 6) is 2.05. The minimum atomic E-state index is -0.400. The lowest BCUT2D eigenvalue weighted by Gasteiger charge is -2.18. The summed E-state index contributed by atoms with van der Waals surface area (Å²) in [5.41, 5.74) is 1.35. The second kappa shape index (κ2) is 10.0. The van der Waals surface area contributed by atoms with E-state index in [0.717, 1.165) is 17.7 Å². The summed E-state index contributed by atoms with van der Waals surface area (Å²) in [6, 6.07) is 10.4. The quantitative estimate of drug-likeness (QED) is 0.553. The number of hydrogen-bond donors (Lipinski definition) is 1. The van der Waals surface area contributed by atoms with Crippen LogP contribution in [0.5, 0.6) is 5.75 Å². The smallest absolute Gasteiger partial charge is 0.251 e. The van der Waals surface area contributed by atoms with Gasteiger partial charge in [-0.25, -0.2) is 0 Å². The van der Waals surface area contributed by atoms with Gasteiger partial charge in [0.25, 0.3) is 5.91 Å². The summed E-state index contributed by atoms with van der Waals surface area (Å²) in [4.78, 5) is 21.2. The number of pyridine rings is 1. The number of ether oxygens (including phenoxy) is 1. The van der Waals surface area contributed by atoms with Crippen molar-refractivity contribution in [3.8, 4) is 17.1 Å². The van der Waals surface area contributed by atoms with Gasteiger partial charge >= 0.3 is 0 Å². The Morgan fingerprint density at radius 3 is 2.40 bits per heavy atom. The summed E-state index contributed by atoms with van der Waals surface area (Å²) in [5, 5.41) is 7.04. The van der Waals surface area contributed by atoms with Crippen molar-refractivity contribution in [3.63, 3.8) is 0 Å². The fourth-order valence-electron chi connectivity index (χ4n) is 2.83. The van der Waals surface area contributed by atoms with Crippen LogP contribution in [0, 0.1) is 11.8 Å². The zero-order chi connectivity index (χ0) is 21.5. The molecule has 1 unspecified atom stereocenters. The molecule has 1 N–H and O–H groups in total. The van der Waals surface area contributed by atoms with Crippen LogP contribution in [0.3, 0.4) is 0 Å². The molecule has 7 nitrogen and oxygen atoms in total. The van der Waals surface area contributed by atoms with Gasteiger partial charge in [-0.3, -0.25) is 9.78 Å². The monoisotopic (exact) mass is 408 g/mol. The van der Waals surface area contributed by atoms with Crippen molar-refractivity contribution in [2.45, 2.75) is 40.2 Å². The van der Waals surface area contributed by atoms with Gasteiger partial charge in [0.2, 0.25) is 11.7 Å². The summed E-state index contributed by atoms with van der Waals surface area (Å²) in [6.07, 6.45) is 4.33. The van der Waals surface area contributed by atoms with Gasteiger partial charge < -0.3 is 14.6 Å². The predicted molar refractivity (Wildman–Crippen MR) is 114 cm³/mol. The fraction of sp³-hybridized carbons (Fsp3) is 0.391. The Labute approximate surface area is 176 Å². The van der Waals surface area contributed by atoms with Gasteiger partial charge in [-0.15, -0.1) is 0 Å². The van der Waals surface area contributed by atoms with E-state index >= 15 is 0 Å². The van der Waals surface area contributed by atoms with Gasteiger partial charge in [0.15, 0.2) is 0 Å². The number of nitrogens with one attached hydrogen (secondary N) is 1. The average Bonchev–Trinajstić information content (AvgIpc) is 3.22. The van der Waals surface area contributed by atoms with E-state index in [1.165, 1.54) is 0 Å². The van der Waals surface area contributed by atoms with Gasteiger partial charge in [0.1, 0.15) is 11.8 Å². The third-order valence-electron chi connectivity index (χ3n) is 4.68. The number of carbonyl (C=O) groups is 1. The molecule has 0 fully saturated rings. The van der Waals surface area contributed by atoms with Gasteiger partial charge in [0, 0.05) is 23.5 Å². The first-order valence-corrected chi connectivity index (χ1v) is 10.2. The Hall–Kier alpha value is -3.22. The van der Waals surface area contributed by atoms with E-state index in [-0.39, 0.29) is 11.8 Å². The topological polar surface area (TPSA) is 90.1 Å². The first-order chi connectivity index (χ1) is 14.4. The largest absolute Gasteiger partial charge is 0.494 e. The van der Waals surface area contributed by atoms with Crippen molar-refractivity contribution in [2.24, 2.45) is 11.8 Å². The molecule has 0 radical (unpaired) electrons. The summed E-state index contributed by atoms with van der Waals surface area (Å²) in [7, 11) is 0. The molecule has 0 aliphatic carbocycles. The Morgan fingerprint density at radius 2 is 1.77 bits per heavy atom. The highest BCUT2D eigenvalue weighted by atomic mass is 16.5. The molecule has 158 valence electrons. The molecule has 1 amide bonds. The molecule has 0 aliphatic rings. The second-order valence-corrected chi connectivity index (χ2v) is 7.94. The third-order valence-corrected chi connectivity index (χ3v) is 4.68. The first kappa shape index (κ1) is 21.5.